The van der Waals surface area contributed by atoms with Gasteiger partial charge in [-0.1, -0.05) is 30.3 Å². The lowest BCUT2D eigenvalue weighted by molar-refractivity contribution is 0.102. The molecule has 1 aliphatic rings. The van der Waals surface area contributed by atoms with Crippen LogP contribution in [-0.4, -0.2) is 32.2 Å². The van der Waals surface area contributed by atoms with E-state index in [-0.39, 0.29) is 5.91 Å². The summed E-state index contributed by atoms with van der Waals surface area (Å²) in [5.41, 5.74) is 1.38. The minimum absolute atomic E-state index is 0.318. The number of nitrogens with one attached hydrogen (secondary N) is 2. The fourth-order valence-corrected chi connectivity index (χ4v) is 3.41. The molecule has 35 heavy (non-hydrogen) atoms. The van der Waals surface area contributed by atoms with Crippen LogP contribution in [0, 0.1) is 5.92 Å². The zero-order chi connectivity index (χ0) is 24.0. The van der Waals surface area contributed by atoms with Crippen molar-refractivity contribution >= 4 is 17.5 Å². The Morgan fingerprint density at radius 1 is 1.03 bits per heavy atom. The van der Waals surface area contributed by atoms with Crippen molar-refractivity contribution in [1.29, 1.82) is 0 Å². The molecule has 1 fully saturated rings. The third kappa shape index (κ3) is 6.35. The maximum atomic E-state index is 12.9. The molecule has 1 aliphatic carbocycles. The second-order valence-electron chi connectivity index (χ2n) is 8.46. The van der Waals surface area contributed by atoms with E-state index in [1.54, 1.807) is 54.6 Å². The third-order valence-electron chi connectivity index (χ3n) is 5.47. The number of hydrogen-bond donors (Lipinski definition) is 2. The smallest absolute Gasteiger partial charge is 0.257 e. The monoisotopic (exact) mass is 470 g/mol. The lowest BCUT2D eigenvalue weighted by Gasteiger charge is -2.12. The minimum Gasteiger partial charge on any atom is -0.489 e. The van der Waals surface area contributed by atoms with E-state index in [0.717, 1.165) is 18.0 Å². The number of carbonyl (C=O) groups excluding carboxylic acids is 1. The quantitative estimate of drug-likeness (QED) is 0.348. The number of nitrogens with zero attached hydrogens (tertiary/aromatic N) is 4. The third-order valence-corrected chi connectivity index (χ3v) is 5.47. The van der Waals surface area contributed by atoms with Gasteiger partial charge < -0.3 is 20.1 Å². The van der Waals surface area contributed by atoms with Crippen LogP contribution in [0.15, 0.2) is 73.2 Å². The molecule has 5 rings (SSSR count). The predicted octanol–water partition coefficient (Wildman–Crippen LogP) is 4.66. The summed E-state index contributed by atoms with van der Waals surface area (Å²) in [6, 6.07) is 16.6. The van der Waals surface area contributed by atoms with Crippen LogP contribution < -0.4 is 20.1 Å². The van der Waals surface area contributed by atoms with Gasteiger partial charge in [0.15, 0.2) is 5.82 Å². The Morgan fingerprint density at radius 3 is 2.57 bits per heavy atom. The lowest BCUT2D eigenvalue weighted by Crippen LogP contribution is -2.13. The summed E-state index contributed by atoms with van der Waals surface area (Å²) in [7, 11) is 1.79. The number of amides is 1. The SMILES string of the molecule is Cn1ccc(NC(=O)c2cc(OCc3ccccc3)cc(Oc3cnc(NCC4CC4)cn3)c2)n1. The van der Waals surface area contributed by atoms with Crippen molar-refractivity contribution in [3.63, 3.8) is 0 Å². The Bertz CT molecular complexity index is 1290. The van der Waals surface area contributed by atoms with Gasteiger partial charge in [-0.05, 0) is 36.5 Å². The molecule has 2 aromatic carbocycles. The number of aryl methyl sites for hydroxylation is 1. The van der Waals surface area contributed by atoms with Gasteiger partial charge in [-0.15, -0.1) is 0 Å². The second kappa shape index (κ2) is 10.3. The lowest BCUT2D eigenvalue weighted by atomic mass is 10.2. The number of benzene rings is 2. The first-order valence-electron chi connectivity index (χ1n) is 11.5. The van der Waals surface area contributed by atoms with E-state index >= 15 is 0 Å². The molecule has 0 radical (unpaired) electrons. The number of anilines is 2. The molecular formula is C26H26N6O3. The Kier molecular flexibility index (Phi) is 6.56. The van der Waals surface area contributed by atoms with E-state index in [4.69, 9.17) is 9.47 Å². The summed E-state index contributed by atoms with van der Waals surface area (Å²) in [4.78, 5) is 21.6. The molecule has 4 aromatic rings. The fraction of sp³-hybridized carbons (Fsp3) is 0.231. The van der Waals surface area contributed by atoms with Gasteiger partial charge in [0.2, 0.25) is 5.88 Å². The highest BCUT2D eigenvalue weighted by atomic mass is 16.5. The number of ether oxygens (including phenoxy) is 2. The predicted molar refractivity (Wildman–Crippen MR) is 132 cm³/mol. The Balaban J connectivity index is 1.33. The molecular weight excluding hydrogens is 444 g/mol. The van der Waals surface area contributed by atoms with Gasteiger partial charge in [-0.25, -0.2) is 9.97 Å². The topological polar surface area (TPSA) is 103 Å². The van der Waals surface area contributed by atoms with Crippen LogP contribution in [0.2, 0.25) is 0 Å². The number of carbonyl (C=O) groups is 1. The standard InChI is InChI=1S/C26H26N6O3/c1-32-10-9-23(31-32)30-26(33)20-11-21(34-17-19-5-3-2-4-6-19)13-22(12-20)35-25-16-28-24(15-29-25)27-14-18-7-8-18/h2-6,9-13,15-16,18H,7-8,14,17H2,1H3,(H,27,28)(H,30,31,33). The normalized spacial score (nSPS) is 12.7. The van der Waals surface area contributed by atoms with Crippen molar-refractivity contribution in [1.82, 2.24) is 19.7 Å². The zero-order valence-corrected chi connectivity index (χ0v) is 19.3. The molecule has 0 atom stereocenters. The maximum absolute atomic E-state index is 12.9. The van der Waals surface area contributed by atoms with E-state index in [1.165, 1.54) is 12.8 Å². The van der Waals surface area contributed by atoms with Gasteiger partial charge in [0, 0.05) is 37.5 Å². The first-order chi connectivity index (χ1) is 17.1. The van der Waals surface area contributed by atoms with Gasteiger partial charge in [0.05, 0.1) is 12.4 Å². The molecule has 1 saturated carbocycles. The maximum Gasteiger partial charge on any atom is 0.257 e. The van der Waals surface area contributed by atoms with Gasteiger partial charge in [0.25, 0.3) is 5.91 Å². The van der Waals surface area contributed by atoms with Gasteiger partial charge in [0.1, 0.15) is 23.9 Å². The van der Waals surface area contributed by atoms with Crippen LogP contribution in [0.25, 0.3) is 0 Å². The number of aromatic nitrogens is 4. The summed E-state index contributed by atoms with van der Waals surface area (Å²) in [6.45, 7) is 1.26. The van der Waals surface area contributed by atoms with Crippen molar-refractivity contribution < 1.29 is 14.3 Å². The van der Waals surface area contributed by atoms with Gasteiger partial charge in [-0.2, -0.15) is 5.10 Å². The molecule has 0 saturated heterocycles. The Labute approximate surface area is 203 Å². The van der Waals surface area contributed by atoms with Crippen LogP contribution in [0.1, 0.15) is 28.8 Å². The summed E-state index contributed by atoms with van der Waals surface area (Å²) >= 11 is 0. The van der Waals surface area contributed by atoms with Crippen LogP contribution in [-0.2, 0) is 13.7 Å². The van der Waals surface area contributed by atoms with Crippen LogP contribution in [0.3, 0.4) is 0 Å². The molecule has 0 bridgehead atoms. The minimum atomic E-state index is -0.329. The van der Waals surface area contributed by atoms with Crippen LogP contribution >= 0.6 is 0 Å². The fourth-order valence-electron chi connectivity index (χ4n) is 3.41. The van der Waals surface area contributed by atoms with E-state index in [0.29, 0.717) is 41.2 Å². The highest BCUT2D eigenvalue weighted by Gasteiger charge is 2.20. The molecule has 0 spiro atoms. The second-order valence-corrected chi connectivity index (χ2v) is 8.46. The number of hydrogen-bond acceptors (Lipinski definition) is 7. The van der Waals surface area contributed by atoms with Crippen LogP contribution in [0.4, 0.5) is 11.6 Å². The average molecular weight is 471 g/mol. The Hall–Kier alpha value is -4.40. The molecule has 0 unspecified atom stereocenters. The first kappa shape index (κ1) is 22.4. The zero-order valence-electron chi connectivity index (χ0n) is 19.3. The van der Waals surface area contributed by atoms with E-state index in [2.05, 4.69) is 25.7 Å². The molecule has 2 N–H and O–H groups in total. The Morgan fingerprint density at radius 2 is 1.86 bits per heavy atom. The molecule has 178 valence electrons. The molecule has 1 amide bonds. The summed E-state index contributed by atoms with van der Waals surface area (Å²) in [6.07, 6.45) is 7.48. The van der Waals surface area contributed by atoms with E-state index < -0.39 is 0 Å². The van der Waals surface area contributed by atoms with Crippen molar-refractivity contribution in [2.24, 2.45) is 13.0 Å². The van der Waals surface area contributed by atoms with E-state index in [9.17, 15) is 4.79 Å². The molecule has 9 heteroatoms. The summed E-state index contributed by atoms with van der Waals surface area (Å²) in [5.74, 6) is 2.79. The largest absolute Gasteiger partial charge is 0.489 e. The highest BCUT2D eigenvalue weighted by Crippen LogP contribution is 2.29. The highest BCUT2D eigenvalue weighted by molar-refractivity contribution is 6.04. The van der Waals surface area contributed by atoms with Gasteiger partial charge in [-0.3, -0.25) is 9.48 Å². The van der Waals surface area contributed by atoms with Crippen LogP contribution in [0.5, 0.6) is 17.4 Å². The van der Waals surface area contributed by atoms with Gasteiger partial charge >= 0.3 is 0 Å². The van der Waals surface area contributed by atoms with E-state index in [1.807, 2.05) is 30.3 Å². The van der Waals surface area contributed by atoms with Crippen molar-refractivity contribution in [2.75, 3.05) is 17.2 Å². The van der Waals surface area contributed by atoms with Crippen molar-refractivity contribution in [3.05, 3.63) is 84.3 Å². The average Bonchev–Trinajstić information content (AvgIpc) is 3.62. The van der Waals surface area contributed by atoms with Crippen molar-refractivity contribution in [2.45, 2.75) is 19.4 Å². The summed E-state index contributed by atoms with van der Waals surface area (Å²) < 4.78 is 13.5. The summed E-state index contributed by atoms with van der Waals surface area (Å²) in [5, 5.41) is 10.3. The molecule has 2 aromatic heterocycles. The first-order valence-corrected chi connectivity index (χ1v) is 11.5. The number of rotatable bonds is 10. The molecule has 0 aliphatic heterocycles. The molecule has 9 nitrogen and oxygen atoms in total. The van der Waals surface area contributed by atoms with Crippen molar-refractivity contribution in [3.8, 4) is 17.4 Å². The molecule has 2 heterocycles.